The normalized spacial score (nSPS) is 18.8. The van der Waals surface area contributed by atoms with E-state index in [0.717, 1.165) is 12.8 Å². The van der Waals surface area contributed by atoms with Crippen LogP contribution in [0.5, 0.6) is 0 Å². The van der Waals surface area contributed by atoms with E-state index in [1.165, 1.54) is 6.92 Å². The summed E-state index contributed by atoms with van der Waals surface area (Å²) in [5.74, 6) is 0.875. The van der Waals surface area contributed by atoms with E-state index in [1.807, 2.05) is 6.92 Å². The average molecular weight is 399 g/mol. The number of hydrogen-bond donors (Lipinski definition) is 1. The Bertz CT molecular complexity index is 1020. The van der Waals surface area contributed by atoms with Gasteiger partial charge in [-0.1, -0.05) is 12.1 Å². The molecular weight excluding hydrogens is 374 g/mol. The molecule has 1 fully saturated rings. The minimum Gasteiger partial charge on any atom is -0.360 e. The molecule has 0 unspecified atom stereocenters. The highest BCUT2D eigenvalue weighted by atomic mass is 16.5. The van der Waals surface area contributed by atoms with Crippen LogP contribution in [0.4, 0.5) is 0 Å². The number of amides is 2. The Morgan fingerprint density at radius 2 is 2.10 bits per heavy atom. The molecule has 0 saturated carbocycles. The molecule has 0 aromatic carbocycles. The second-order valence-corrected chi connectivity index (χ2v) is 7.64. The average Bonchev–Trinajstić information content (AvgIpc) is 3.33. The van der Waals surface area contributed by atoms with Crippen LogP contribution in [0.15, 0.2) is 9.32 Å². The van der Waals surface area contributed by atoms with Gasteiger partial charge in [0, 0.05) is 32.0 Å². The van der Waals surface area contributed by atoms with Crippen molar-refractivity contribution in [2.24, 2.45) is 0 Å². The summed E-state index contributed by atoms with van der Waals surface area (Å²) in [7, 11) is 0. The number of nitrogens with zero attached hydrogens (tertiary/aromatic N) is 4. The minimum absolute atomic E-state index is 0.0352. The summed E-state index contributed by atoms with van der Waals surface area (Å²) in [4.78, 5) is 48.7. The largest absolute Gasteiger partial charge is 0.360 e. The molecule has 4 heterocycles. The summed E-state index contributed by atoms with van der Waals surface area (Å²) in [6.45, 7) is 6.62. The van der Waals surface area contributed by atoms with Gasteiger partial charge in [-0.05, 0) is 26.2 Å². The molecule has 1 N–H and O–H groups in total. The van der Waals surface area contributed by atoms with Crippen molar-refractivity contribution in [3.8, 4) is 0 Å². The molecule has 0 spiro atoms. The molecule has 154 valence electrons. The van der Waals surface area contributed by atoms with Gasteiger partial charge in [0.2, 0.25) is 5.91 Å². The fourth-order valence-electron chi connectivity index (χ4n) is 4.26. The van der Waals surface area contributed by atoms with Gasteiger partial charge in [-0.3, -0.25) is 14.4 Å². The molecule has 9 nitrogen and oxygen atoms in total. The van der Waals surface area contributed by atoms with Crippen molar-refractivity contribution >= 4 is 11.8 Å². The van der Waals surface area contributed by atoms with Gasteiger partial charge in [0.15, 0.2) is 0 Å². The lowest BCUT2D eigenvalue weighted by Gasteiger charge is -2.28. The lowest BCUT2D eigenvalue weighted by Crippen LogP contribution is -2.39. The quantitative estimate of drug-likeness (QED) is 0.837. The third-order valence-corrected chi connectivity index (χ3v) is 5.83. The van der Waals surface area contributed by atoms with Crippen molar-refractivity contribution in [3.63, 3.8) is 0 Å². The van der Waals surface area contributed by atoms with Crippen LogP contribution in [-0.2, 0) is 24.2 Å². The third-order valence-electron chi connectivity index (χ3n) is 5.83. The predicted molar refractivity (Wildman–Crippen MR) is 103 cm³/mol. The number of nitrogens with one attached hydrogen (secondary N) is 1. The van der Waals surface area contributed by atoms with Gasteiger partial charge in [0.05, 0.1) is 24.0 Å². The van der Waals surface area contributed by atoms with Crippen molar-refractivity contribution in [2.45, 2.75) is 59.0 Å². The maximum atomic E-state index is 13.3. The maximum Gasteiger partial charge on any atom is 0.260 e. The second-order valence-electron chi connectivity index (χ2n) is 7.64. The lowest BCUT2D eigenvalue weighted by atomic mass is 10.1. The van der Waals surface area contributed by atoms with Crippen LogP contribution < -0.4 is 5.56 Å². The van der Waals surface area contributed by atoms with Gasteiger partial charge in [0.1, 0.15) is 17.1 Å². The monoisotopic (exact) mass is 399 g/mol. The number of likely N-dealkylation sites (tertiary alicyclic amines) is 1. The summed E-state index contributed by atoms with van der Waals surface area (Å²) in [5.41, 5.74) is 2.15. The highest BCUT2D eigenvalue weighted by Gasteiger charge is 2.36. The number of carbonyl (C=O) groups excluding carboxylic acids is 2. The molecule has 2 aliphatic heterocycles. The first kappa shape index (κ1) is 19.4. The summed E-state index contributed by atoms with van der Waals surface area (Å²) in [6.07, 6.45) is 2.61. The number of aromatic amines is 1. The van der Waals surface area contributed by atoms with Gasteiger partial charge in [-0.15, -0.1) is 0 Å². The van der Waals surface area contributed by atoms with Crippen LogP contribution in [0.25, 0.3) is 0 Å². The van der Waals surface area contributed by atoms with Crippen molar-refractivity contribution in [3.05, 3.63) is 44.5 Å². The number of aryl methyl sites for hydroxylation is 2. The molecule has 2 aromatic heterocycles. The number of carbonyl (C=O) groups is 2. The molecular formula is C20H25N5O4. The van der Waals surface area contributed by atoms with Gasteiger partial charge in [0.25, 0.3) is 11.5 Å². The Labute approximate surface area is 168 Å². The number of fused-ring (bicyclic) bond motifs is 1. The smallest absolute Gasteiger partial charge is 0.260 e. The Hall–Kier alpha value is -2.97. The third kappa shape index (κ3) is 3.34. The van der Waals surface area contributed by atoms with Crippen molar-refractivity contribution in [2.75, 3.05) is 13.1 Å². The number of aromatic nitrogens is 3. The van der Waals surface area contributed by atoms with Crippen LogP contribution in [-0.4, -0.2) is 49.8 Å². The van der Waals surface area contributed by atoms with E-state index in [4.69, 9.17) is 4.52 Å². The van der Waals surface area contributed by atoms with E-state index in [0.29, 0.717) is 66.6 Å². The zero-order chi connectivity index (χ0) is 20.7. The van der Waals surface area contributed by atoms with Crippen LogP contribution in [0.3, 0.4) is 0 Å². The molecule has 0 bridgehead atoms. The highest BCUT2D eigenvalue weighted by molar-refractivity contribution is 5.96. The van der Waals surface area contributed by atoms with Gasteiger partial charge >= 0.3 is 0 Å². The van der Waals surface area contributed by atoms with Gasteiger partial charge in [-0.25, -0.2) is 4.98 Å². The van der Waals surface area contributed by atoms with Crippen molar-refractivity contribution in [1.82, 2.24) is 24.9 Å². The van der Waals surface area contributed by atoms with E-state index < -0.39 is 0 Å². The predicted octanol–water partition coefficient (Wildman–Crippen LogP) is 1.51. The fraction of sp³-hybridized carbons (Fsp3) is 0.550. The molecule has 1 saturated heterocycles. The number of hydrogen-bond acceptors (Lipinski definition) is 6. The van der Waals surface area contributed by atoms with Gasteiger partial charge < -0.3 is 19.3 Å². The molecule has 9 heteroatoms. The topological polar surface area (TPSA) is 112 Å². The number of H-pyrrole nitrogens is 1. The molecule has 2 aliphatic rings. The van der Waals surface area contributed by atoms with Crippen molar-refractivity contribution in [1.29, 1.82) is 0 Å². The van der Waals surface area contributed by atoms with E-state index in [1.54, 1.807) is 16.7 Å². The molecule has 2 aromatic rings. The zero-order valence-electron chi connectivity index (χ0n) is 16.9. The van der Waals surface area contributed by atoms with Crippen molar-refractivity contribution < 1.29 is 14.1 Å². The Balaban J connectivity index is 1.68. The van der Waals surface area contributed by atoms with Crippen LogP contribution in [0, 0.1) is 6.92 Å². The Morgan fingerprint density at radius 3 is 2.83 bits per heavy atom. The Morgan fingerprint density at radius 1 is 1.31 bits per heavy atom. The van der Waals surface area contributed by atoms with Crippen LogP contribution >= 0.6 is 0 Å². The first-order chi connectivity index (χ1) is 13.9. The molecule has 29 heavy (non-hydrogen) atoms. The minimum atomic E-state index is -0.313. The Kier molecular flexibility index (Phi) is 4.97. The maximum absolute atomic E-state index is 13.3. The van der Waals surface area contributed by atoms with E-state index >= 15 is 0 Å². The fourth-order valence-corrected chi connectivity index (χ4v) is 4.26. The SMILES string of the molecule is CCc1onc(C)c1C(=O)N1CCC[C@H]1c1nc2c(c(=O)[nH]1)CCN(C(C)=O)C2. The highest BCUT2D eigenvalue weighted by Crippen LogP contribution is 2.32. The first-order valence-electron chi connectivity index (χ1n) is 10.0. The summed E-state index contributed by atoms with van der Waals surface area (Å²) >= 11 is 0. The zero-order valence-corrected chi connectivity index (χ0v) is 16.9. The molecule has 2 amide bonds. The molecule has 4 rings (SSSR count). The molecule has 1 atom stereocenters. The summed E-state index contributed by atoms with van der Waals surface area (Å²) in [5, 5.41) is 3.94. The summed E-state index contributed by atoms with van der Waals surface area (Å²) < 4.78 is 5.29. The van der Waals surface area contributed by atoms with Gasteiger partial charge in [-0.2, -0.15) is 0 Å². The molecule has 0 aliphatic carbocycles. The number of rotatable bonds is 3. The lowest BCUT2D eigenvalue weighted by molar-refractivity contribution is -0.129. The molecule has 0 radical (unpaired) electrons. The van der Waals surface area contributed by atoms with E-state index in [2.05, 4.69) is 15.1 Å². The van der Waals surface area contributed by atoms with Crippen LogP contribution in [0.2, 0.25) is 0 Å². The van der Waals surface area contributed by atoms with E-state index in [-0.39, 0.29) is 23.4 Å². The second kappa shape index (κ2) is 7.46. The standard InChI is InChI=1S/C20H25N5O4/c1-4-16-17(11(2)23-29-16)20(28)25-8-5-6-15(25)18-21-14-10-24(12(3)26)9-7-13(14)19(27)22-18/h15H,4-10H2,1-3H3,(H,21,22,27)/t15-/m0/s1. The first-order valence-corrected chi connectivity index (χ1v) is 10.0. The van der Waals surface area contributed by atoms with E-state index in [9.17, 15) is 14.4 Å². The van der Waals surface area contributed by atoms with Crippen LogP contribution in [0.1, 0.15) is 71.6 Å². The summed E-state index contributed by atoms with van der Waals surface area (Å²) in [6, 6.07) is -0.313.